The summed E-state index contributed by atoms with van der Waals surface area (Å²) in [4.78, 5) is 23.3. The summed E-state index contributed by atoms with van der Waals surface area (Å²) in [5.74, 6) is -1.000. The average molecular weight is 316 g/mol. The smallest absolute Gasteiger partial charge is 0.508 e. The van der Waals surface area contributed by atoms with E-state index in [0.717, 1.165) is 0 Å². The molecule has 5 nitrogen and oxygen atoms in total. The molecule has 0 heterocycles. The van der Waals surface area contributed by atoms with Crippen molar-refractivity contribution >= 4 is 30.9 Å². The maximum absolute atomic E-state index is 11.6. The van der Waals surface area contributed by atoms with Crippen LogP contribution in [0.3, 0.4) is 0 Å². The monoisotopic (exact) mass is 316 g/mol. The molecule has 0 aromatic heterocycles. The van der Waals surface area contributed by atoms with E-state index in [1.807, 2.05) is 6.07 Å². The molecule has 2 rings (SSSR count). The lowest BCUT2D eigenvalue weighted by Gasteiger charge is -2.29. The highest BCUT2D eigenvalue weighted by Gasteiger charge is 2.49. The molecule has 0 spiro atoms. The lowest BCUT2D eigenvalue weighted by atomic mass is 10.3. The molecule has 0 aliphatic heterocycles. The Morgan fingerprint density at radius 1 is 0.818 bits per heavy atom. The topological polar surface area (TPSA) is 72.8 Å². The minimum absolute atomic E-state index is 0.0744. The van der Waals surface area contributed by atoms with E-state index in [1.165, 1.54) is 26.0 Å². The zero-order valence-corrected chi connectivity index (χ0v) is 13.3. The van der Waals surface area contributed by atoms with Gasteiger partial charge in [0.15, 0.2) is 0 Å². The molecule has 2 aromatic rings. The summed E-state index contributed by atoms with van der Waals surface area (Å²) in [6.45, 7) is 2.54. The van der Waals surface area contributed by atoms with Crippen LogP contribution in [0.1, 0.15) is 13.8 Å². The van der Waals surface area contributed by atoms with Gasteiger partial charge in [-0.3, -0.25) is 9.59 Å². The molecular formula is C16H16O5Si. The molecule has 0 radical (unpaired) electrons. The summed E-state index contributed by atoms with van der Waals surface area (Å²) >= 11 is 0. The first-order chi connectivity index (χ1) is 10.4. The Hall–Kier alpha value is -2.60. The lowest BCUT2D eigenvalue weighted by Crippen LogP contribution is -2.64. The Kier molecular flexibility index (Phi) is 4.62. The lowest BCUT2D eigenvalue weighted by molar-refractivity contribution is -0.138. The molecule has 0 aliphatic carbocycles. The van der Waals surface area contributed by atoms with Gasteiger partial charge in [-0.05, 0) is 12.1 Å². The molecule has 0 unspecified atom stereocenters. The van der Waals surface area contributed by atoms with Gasteiger partial charge < -0.3 is 14.0 Å². The Balaban J connectivity index is 2.65. The molecule has 0 saturated heterocycles. The summed E-state index contributed by atoms with van der Waals surface area (Å²) in [7, 11) is -3.51. The fourth-order valence-electron chi connectivity index (χ4n) is 2.17. The van der Waals surface area contributed by atoms with Crippen molar-refractivity contribution in [2.45, 2.75) is 13.8 Å². The van der Waals surface area contributed by atoms with E-state index in [0.29, 0.717) is 10.4 Å². The molecule has 1 N–H and O–H groups in total. The first-order valence-corrected chi connectivity index (χ1v) is 8.50. The van der Waals surface area contributed by atoms with E-state index < -0.39 is 20.5 Å². The van der Waals surface area contributed by atoms with Crippen molar-refractivity contribution < 1.29 is 23.5 Å². The third-order valence-electron chi connectivity index (χ3n) is 2.98. The molecule has 0 aliphatic rings. The second-order valence-corrected chi connectivity index (χ2v) is 7.51. The van der Waals surface area contributed by atoms with Crippen LogP contribution in [0.2, 0.25) is 0 Å². The van der Waals surface area contributed by atoms with Gasteiger partial charge in [0.05, 0.1) is 0 Å². The number of carbonyl (C=O) groups is 2. The number of benzene rings is 2. The maximum Gasteiger partial charge on any atom is 0.534 e. The fraction of sp³-hybridized carbons (Fsp3) is 0.125. The van der Waals surface area contributed by atoms with Gasteiger partial charge in [0, 0.05) is 24.2 Å². The number of rotatable bonds is 4. The van der Waals surface area contributed by atoms with E-state index in [4.69, 9.17) is 8.85 Å². The summed E-state index contributed by atoms with van der Waals surface area (Å²) < 4.78 is 11.1. The van der Waals surface area contributed by atoms with Crippen molar-refractivity contribution in [1.82, 2.24) is 0 Å². The molecule has 0 atom stereocenters. The molecule has 0 saturated carbocycles. The van der Waals surface area contributed by atoms with Gasteiger partial charge in [0.2, 0.25) is 0 Å². The third kappa shape index (κ3) is 3.34. The summed E-state index contributed by atoms with van der Waals surface area (Å²) in [6, 6.07) is 15.0. The summed E-state index contributed by atoms with van der Waals surface area (Å²) in [6.07, 6.45) is 0. The van der Waals surface area contributed by atoms with E-state index in [9.17, 15) is 14.7 Å². The van der Waals surface area contributed by atoms with Gasteiger partial charge >= 0.3 is 8.56 Å². The zero-order chi connectivity index (χ0) is 16.2. The van der Waals surface area contributed by atoms with Gasteiger partial charge in [0.1, 0.15) is 5.75 Å². The molecular weight excluding hydrogens is 300 g/mol. The average Bonchev–Trinajstić information content (AvgIpc) is 2.47. The number of carbonyl (C=O) groups excluding carboxylic acids is 2. The maximum atomic E-state index is 11.6. The minimum atomic E-state index is -3.51. The molecule has 2 aromatic carbocycles. The minimum Gasteiger partial charge on any atom is -0.508 e. The molecule has 0 bridgehead atoms. The number of phenolic OH excluding ortho intramolecular Hbond substituents is 1. The highest BCUT2D eigenvalue weighted by molar-refractivity contribution is 6.94. The van der Waals surface area contributed by atoms with Crippen molar-refractivity contribution in [2.24, 2.45) is 0 Å². The van der Waals surface area contributed by atoms with Gasteiger partial charge in [-0.2, -0.15) is 0 Å². The number of phenols is 1. The van der Waals surface area contributed by atoms with Crippen LogP contribution in [0.15, 0.2) is 54.6 Å². The van der Waals surface area contributed by atoms with Gasteiger partial charge in [-0.1, -0.05) is 42.5 Å². The second kappa shape index (κ2) is 6.44. The quantitative estimate of drug-likeness (QED) is 0.854. The zero-order valence-electron chi connectivity index (χ0n) is 12.3. The van der Waals surface area contributed by atoms with Crippen LogP contribution in [-0.2, 0) is 18.4 Å². The van der Waals surface area contributed by atoms with Crippen LogP contribution < -0.4 is 10.4 Å². The van der Waals surface area contributed by atoms with Gasteiger partial charge in [0.25, 0.3) is 11.9 Å². The Morgan fingerprint density at radius 2 is 1.27 bits per heavy atom. The van der Waals surface area contributed by atoms with Crippen molar-refractivity contribution in [3.63, 3.8) is 0 Å². The van der Waals surface area contributed by atoms with Crippen LogP contribution in [0.4, 0.5) is 0 Å². The summed E-state index contributed by atoms with van der Waals surface area (Å²) in [5, 5.41) is 10.6. The van der Waals surface area contributed by atoms with E-state index in [1.54, 1.807) is 36.4 Å². The van der Waals surface area contributed by atoms with Crippen LogP contribution in [0.5, 0.6) is 5.75 Å². The van der Waals surface area contributed by atoms with E-state index >= 15 is 0 Å². The summed E-state index contributed by atoms with van der Waals surface area (Å²) in [5.41, 5.74) is 0. The first kappa shape index (κ1) is 15.8. The highest BCUT2D eigenvalue weighted by Crippen LogP contribution is 2.13. The second-order valence-electron chi connectivity index (χ2n) is 4.72. The molecule has 0 fully saturated rings. The van der Waals surface area contributed by atoms with Crippen LogP contribution in [0.25, 0.3) is 0 Å². The molecule has 0 amide bonds. The number of hydrogen-bond acceptors (Lipinski definition) is 5. The fourth-order valence-corrected chi connectivity index (χ4v) is 5.06. The SMILES string of the molecule is CC(=O)O[Si](OC(C)=O)(c1ccccc1)c1ccc(O)cc1. The Bertz CT molecular complexity index is 651. The number of hydrogen-bond donors (Lipinski definition) is 1. The van der Waals surface area contributed by atoms with E-state index in [-0.39, 0.29) is 5.75 Å². The van der Waals surface area contributed by atoms with E-state index in [2.05, 4.69) is 0 Å². The predicted octanol–water partition coefficient (Wildman–Crippen LogP) is 1.07. The molecule has 114 valence electrons. The third-order valence-corrected chi connectivity index (χ3v) is 6.31. The molecule has 6 heteroatoms. The first-order valence-electron chi connectivity index (χ1n) is 6.68. The highest BCUT2D eigenvalue weighted by atomic mass is 28.4. The number of aromatic hydroxyl groups is 1. The van der Waals surface area contributed by atoms with Crippen molar-refractivity contribution in [3.05, 3.63) is 54.6 Å². The standard InChI is InChI=1S/C16H16O5Si/c1-12(17)20-22(21-13(2)18,15-6-4-3-5-7-15)16-10-8-14(19)9-11-16/h3-11,19H,1-2H3. The Morgan fingerprint density at radius 3 is 1.73 bits per heavy atom. The van der Waals surface area contributed by atoms with Gasteiger partial charge in [-0.25, -0.2) is 0 Å². The van der Waals surface area contributed by atoms with Crippen LogP contribution in [0, 0.1) is 0 Å². The largest absolute Gasteiger partial charge is 0.534 e. The van der Waals surface area contributed by atoms with Crippen molar-refractivity contribution in [1.29, 1.82) is 0 Å². The molecule has 22 heavy (non-hydrogen) atoms. The normalized spacial score (nSPS) is 10.8. The van der Waals surface area contributed by atoms with Gasteiger partial charge in [-0.15, -0.1) is 0 Å². The van der Waals surface area contributed by atoms with Crippen LogP contribution >= 0.6 is 0 Å². The van der Waals surface area contributed by atoms with Crippen molar-refractivity contribution in [3.8, 4) is 5.75 Å². The van der Waals surface area contributed by atoms with Crippen molar-refractivity contribution in [2.75, 3.05) is 0 Å². The van der Waals surface area contributed by atoms with Crippen LogP contribution in [-0.4, -0.2) is 25.6 Å². The Labute approximate surface area is 129 Å². The predicted molar refractivity (Wildman–Crippen MR) is 83.1 cm³/mol.